The Balaban J connectivity index is 2.00. The lowest BCUT2D eigenvalue weighted by Gasteiger charge is -2.26. The molecule has 2 N–H and O–H groups in total. The first kappa shape index (κ1) is 11.1. The monoisotopic (exact) mass is 223 g/mol. The molecule has 5 heteroatoms. The van der Waals surface area contributed by atoms with Crippen molar-refractivity contribution in [2.75, 3.05) is 12.8 Å². The fourth-order valence-corrected chi connectivity index (χ4v) is 2.24. The number of carbonyl (C=O) groups is 1. The van der Waals surface area contributed by atoms with Gasteiger partial charge in [0.05, 0.1) is 6.10 Å². The highest BCUT2D eigenvalue weighted by molar-refractivity contribution is 5.83. The summed E-state index contributed by atoms with van der Waals surface area (Å²) in [6, 6.07) is 0. The number of hydrogen-bond donors (Lipinski definition) is 1. The Hall–Kier alpha value is -1.36. The number of carbonyl (C=O) groups excluding carboxylic acids is 1. The number of nitrogen functional groups attached to an aromatic ring is 1. The first-order valence-corrected chi connectivity index (χ1v) is 5.58. The van der Waals surface area contributed by atoms with Crippen molar-refractivity contribution >= 4 is 11.9 Å². The molecule has 0 aromatic carbocycles. The summed E-state index contributed by atoms with van der Waals surface area (Å²) in [5.41, 5.74) is 5.61. The van der Waals surface area contributed by atoms with Crippen LogP contribution in [0, 0.1) is 5.92 Å². The van der Waals surface area contributed by atoms with Crippen LogP contribution in [0.3, 0.4) is 0 Å². The van der Waals surface area contributed by atoms with Crippen molar-refractivity contribution in [1.82, 2.24) is 9.55 Å². The third kappa shape index (κ3) is 2.09. The van der Waals surface area contributed by atoms with Crippen LogP contribution in [0.25, 0.3) is 0 Å². The lowest BCUT2D eigenvalue weighted by Crippen LogP contribution is -2.29. The summed E-state index contributed by atoms with van der Waals surface area (Å²) in [5, 5.41) is 0. The molecule has 5 nitrogen and oxygen atoms in total. The van der Waals surface area contributed by atoms with Gasteiger partial charge in [0.15, 0.2) is 0 Å². The maximum absolute atomic E-state index is 12.1. The molecule has 0 aliphatic heterocycles. The molecule has 16 heavy (non-hydrogen) atoms. The zero-order valence-corrected chi connectivity index (χ0v) is 9.43. The van der Waals surface area contributed by atoms with Crippen LogP contribution in [0.15, 0.2) is 12.4 Å². The molecule has 0 radical (unpaired) electrons. The van der Waals surface area contributed by atoms with Crippen LogP contribution >= 0.6 is 0 Å². The molecule has 1 aromatic rings. The minimum absolute atomic E-state index is 0.0582. The van der Waals surface area contributed by atoms with Gasteiger partial charge < -0.3 is 10.5 Å². The fourth-order valence-electron chi connectivity index (χ4n) is 2.24. The maximum Gasteiger partial charge on any atom is 0.236 e. The molecule has 0 saturated heterocycles. The number of nitrogens with two attached hydrogens (primary N) is 1. The van der Waals surface area contributed by atoms with Crippen molar-refractivity contribution in [3.8, 4) is 0 Å². The summed E-state index contributed by atoms with van der Waals surface area (Å²) in [6.45, 7) is 0. The standard InChI is InChI=1S/C11H17N3O2/c1-16-9-4-2-8(3-5-9)10(15)14-7-6-13-11(14)12/h6-9H,2-5H2,1H3,(H2,12,13). The summed E-state index contributed by atoms with van der Waals surface area (Å²) in [5.74, 6) is 0.395. The van der Waals surface area contributed by atoms with E-state index in [4.69, 9.17) is 10.5 Å². The van der Waals surface area contributed by atoms with Gasteiger partial charge in [-0.25, -0.2) is 4.98 Å². The Bertz CT molecular complexity index is 367. The van der Waals surface area contributed by atoms with Gasteiger partial charge in [0.2, 0.25) is 11.9 Å². The molecule has 1 fully saturated rings. The summed E-state index contributed by atoms with van der Waals surface area (Å²) < 4.78 is 6.72. The number of hydrogen-bond acceptors (Lipinski definition) is 4. The number of imidazole rings is 1. The predicted molar refractivity (Wildman–Crippen MR) is 60.0 cm³/mol. The van der Waals surface area contributed by atoms with Gasteiger partial charge in [-0.05, 0) is 25.7 Å². The Morgan fingerprint density at radius 2 is 2.19 bits per heavy atom. The summed E-state index contributed by atoms with van der Waals surface area (Å²) in [6.07, 6.45) is 7.12. The zero-order valence-electron chi connectivity index (χ0n) is 9.43. The molecule has 2 rings (SSSR count). The van der Waals surface area contributed by atoms with E-state index in [1.54, 1.807) is 19.5 Å². The lowest BCUT2D eigenvalue weighted by atomic mass is 9.87. The quantitative estimate of drug-likeness (QED) is 0.820. The van der Waals surface area contributed by atoms with Crippen LogP contribution in [0.2, 0.25) is 0 Å². The van der Waals surface area contributed by atoms with Crippen LogP contribution < -0.4 is 5.73 Å². The maximum atomic E-state index is 12.1. The Morgan fingerprint density at radius 3 is 2.69 bits per heavy atom. The van der Waals surface area contributed by atoms with E-state index >= 15 is 0 Å². The minimum atomic E-state index is 0.0582. The fraction of sp³-hybridized carbons (Fsp3) is 0.636. The van der Waals surface area contributed by atoms with E-state index in [-0.39, 0.29) is 17.8 Å². The highest BCUT2D eigenvalue weighted by Crippen LogP contribution is 2.27. The number of nitrogens with zero attached hydrogens (tertiary/aromatic N) is 2. The van der Waals surface area contributed by atoms with Gasteiger partial charge in [0.1, 0.15) is 0 Å². The predicted octanol–water partition coefficient (Wildman–Crippen LogP) is 1.31. The average Bonchev–Trinajstić information content (AvgIpc) is 2.75. The van der Waals surface area contributed by atoms with E-state index in [1.807, 2.05) is 0 Å². The summed E-state index contributed by atoms with van der Waals surface area (Å²) >= 11 is 0. The number of methoxy groups -OCH3 is 1. The molecule has 0 spiro atoms. The molecule has 0 amide bonds. The van der Waals surface area contributed by atoms with Crippen LogP contribution in [0.4, 0.5) is 5.95 Å². The van der Waals surface area contributed by atoms with Crippen LogP contribution in [0.1, 0.15) is 30.5 Å². The molecule has 1 aliphatic rings. The number of rotatable bonds is 2. The van der Waals surface area contributed by atoms with E-state index in [9.17, 15) is 4.79 Å². The Kier molecular flexibility index (Phi) is 3.24. The van der Waals surface area contributed by atoms with Gasteiger partial charge in [-0.1, -0.05) is 0 Å². The summed E-state index contributed by atoms with van der Waals surface area (Å²) in [4.78, 5) is 15.9. The van der Waals surface area contributed by atoms with Crippen molar-refractivity contribution < 1.29 is 9.53 Å². The molecule has 0 unspecified atom stereocenters. The normalized spacial score (nSPS) is 25.6. The van der Waals surface area contributed by atoms with Crippen LogP contribution in [0.5, 0.6) is 0 Å². The van der Waals surface area contributed by atoms with Gasteiger partial charge in [-0.15, -0.1) is 0 Å². The molecule has 1 saturated carbocycles. The first-order valence-electron chi connectivity index (χ1n) is 5.58. The van der Waals surface area contributed by atoms with E-state index in [2.05, 4.69) is 4.98 Å². The van der Waals surface area contributed by atoms with Crippen molar-refractivity contribution in [2.45, 2.75) is 31.8 Å². The highest BCUT2D eigenvalue weighted by Gasteiger charge is 2.27. The van der Waals surface area contributed by atoms with E-state index in [1.165, 1.54) is 4.57 Å². The van der Waals surface area contributed by atoms with E-state index < -0.39 is 0 Å². The second-order valence-corrected chi connectivity index (χ2v) is 4.20. The summed E-state index contributed by atoms with van der Waals surface area (Å²) in [7, 11) is 1.72. The van der Waals surface area contributed by atoms with Crippen LogP contribution in [-0.4, -0.2) is 28.7 Å². The van der Waals surface area contributed by atoms with Crippen molar-refractivity contribution in [3.63, 3.8) is 0 Å². The molecule has 0 bridgehead atoms. The topological polar surface area (TPSA) is 70.1 Å². The minimum Gasteiger partial charge on any atom is -0.381 e. The van der Waals surface area contributed by atoms with Gasteiger partial charge in [-0.2, -0.15) is 0 Å². The smallest absolute Gasteiger partial charge is 0.236 e. The lowest BCUT2D eigenvalue weighted by molar-refractivity contribution is 0.0483. The largest absolute Gasteiger partial charge is 0.381 e. The van der Waals surface area contributed by atoms with Gasteiger partial charge in [0, 0.05) is 25.4 Å². The number of aromatic nitrogens is 2. The van der Waals surface area contributed by atoms with E-state index in [0.717, 1.165) is 25.7 Å². The van der Waals surface area contributed by atoms with E-state index in [0.29, 0.717) is 6.10 Å². The highest BCUT2D eigenvalue weighted by atomic mass is 16.5. The third-order valence-corrected chi connectivity index (χ3v) is 3.26. The molecule has 1 aromatic heterocycles. The van der Waals surface area contributed by atoms with Crippen molar-refractivity contribution in [1.29, 1.82) is 0 Å². The third-order valence-electron chi connectivity index (χ3n) is 3.26. The number of ether oxygens (including phenoxy) is 1. The second kappa shape index (κ2) is 4.65. The second-order valence-electron chi connectivity index (χ2n) is 4.20. The number of anilines is 1. The van der Waals surface area contributed by atoms with Crippen LogP contribution in [-0.2, 0) is 4.74 Å². The van der Waals surface area contributed by atoms with Crippen molar-refractivity contribution in [3.05, 3.63) is 12.4 Å². The molecule has 1 aliphatic carbocycles. The molecular formula is C11H17N3O2. The average molecular weight is 223 g/mol. The molecule has 1 heterocycles. The molecule has 88 valence electrons. The Labute approximate surface area is 94.6 Å². The van der Waals surface area contributed by atoms with Gasteiger partial charge in [-0.3, -0.25) is 9.36 Å². The molecule has 0 atom stereocenters. The molecular weight excluding hydrogens is 206 g/mol. The van der Waals surface area contributed by atoms with Crippen molar-refractivity contribution in [2.24, 2.45) is 5.92 Å². The SMILES string of the molecule is COC1CCC(C(=O)n2ccnc2N)CC1. The van der Waals surface area contributed by atoms with Gasteiger partial charge >= 0.3 is 0 Å². The first-order chi connectivity index (χ1) is 7.72. The zero-order chi connectivity index (χ0) is 11.5. The van der Waals surface area contributed by atoms with Gasteiger partial charge in [0.25, 0.3) is 0 Å². The Morgan fingerprint density at radius 1 is 1.50 bits per heavy atom.